The maximum Gasteiger partial charge on any atom is 0.0195 e. The maximum atomic E-state index is 3.75. The van der Waals surface area contributed by atoms with E-state index in [4.69, 9.17) is 0 Å². The Kier molecular flexibility index (Phi) is 6.37. The van der Waals surface area contributed by atoms with Gasteiger partial charge in [0, 0.05) is 24.7 Å². The van der Waals surface area contributed by atoms with Crippen LogP contribution in [0, 0.1) is 0 Å². The van der Waals surface area contributed by atoms with Crippen molar-refractivity contribution in [3.63, 3.8) is 0 Å². The van der Waals surface area contributed by atoms with Crippen LogP contribution < -0.4 is 5.32 Å². The van der Waals surface area contributed by atoms with Gasteiger partial charge in [-0.1, -0.05) is 26.2 Å². The summed E-state index contributed by atoms with van der Waals surface area (Å²) in [5, 5.41) is 3.75. The number of hydrogen-bond donors (Lipinski definition) is 1. The van der Waals surface area contributed by atoms with Gasteiger partial charge in [-0.15, -0.1) is 0 Å². The molecule has 0 heterocycles. The second-order valence-electron chi connectivity index (χ2n) is 5.52. The van der Waals surface area contributed by atoms with Crippen LogP contribution in [0.5, 0.6) is 0 Å². The Bertz CT molecular complexity index is 174. The molecule has 1 aliphatic rings. The lowest BCUT2D eigenvalue weighted by Gasteiger charge is -2.33. The molecule has 0 aromatic carbocycles. The first-order chi connectivity index (χ1) is 7.65. The number of hydrogen-bond acceptors (Lipinski definition) is 2. The molecule has 0 aromatic rings. The molecule has 2 heteroatoms. The van der Waals surface area contributed by atoms with E-state index in [0.717, 1.165) is 19.1 Å². The predicted octanol–water partition coefficient (Wildman–Crippen LogP) is 3.03. The Balaban J connectivity index is 2.24. The summed E-state index contributed by atoms with van der Waals surface area (Å²) in [6.07, 6.45) is 7.07. The fourth-order valence-corrected chi connectivity index (χ4v) is 2.95. The molecule has 0 aliphatic heterocycles. The highest BCUT2D eigenvalue weighted by Crippen LogP contribution is 2.17. The minimum Gasteiger partial charge on any atom is -0.312 e. The van der Waals surface area contributed by atoms with Crippen molar-refractivity contribution in [1.29, 1.82) is 0 Å². The topological polar surface area (TPSA) is 15.3 Å². The SMILES string of the molecule is CCN(C(C)C)C(C)CNC1CCCCC1. The summed E-state index contributed by atoms with van der Waals surface area (Å²) >= 11 is 0. The molecule has 1 aliphatic carbocycles. The summed E-state index contributed by atoms with van der Waals surface area (Å²) in [5.74, 6) is 0. The number of likely N-dealkylation sites (N-methyl/N-ethyl adjacent to an activating group) is 1. The monoisotopic (exact) mass is 226 g/mol. The lowest BCUT2D eigenvalue weighted by Crippen LogP contribution is -2.46. The van der Waals surface area contributed by atoms with Crippen molar-refractivity contribution in [3.05, 3.63) is 0 Å². The standard InChI is InChI=1S/C14H30N2/c1-5-16(12(2)3)13(4)11-15-14-9-7-6-8-10-14/h12-15H,5-11H2,1-4H3. The molecule has 0 aromatic heterocycles. The van der Waals surface area contributed by atoms with Gasteiger partial charge in [-0.2, -0.15) is 0 Å². The molecular formula is C14H30N2. The Morgan fingerprint density at radius 1 is 1.12 bits per heavy atom. The Hall–Kier alpha value is -0.0800. The van der Waals surface area contributed by atoms with E-state index in [2.05, 4.69) is 37.9 Å². The molecule has 2 nitrogen and oxygen atoms in total. The Labute approximate surface area is 102 Å². The summed E-state index contributed by atoms with van der Waals surface area (Å²) in [6, 6.07) is 2.11. The molecule has 0 amide bonds. The minimum absolute atomic E-state index is 0.659. The van der Waals surface area contributed by atoms with Crippen molar-refractivity contribution < 1.29 is 0 Å². The molecule has 0 radical (unpaired) electrons. The molecule has 1 unspecified atom stereocenters. The second-order valence-corrected chi connectivity index (χ2v) is 5.52. The van der Waals surface area contributed by atoms with Gasteiger partial charge >= 0.3 is 0 Å². The van der Waals surface area contributed by atoms with Crippen LogP contribution in [-0.2, 0) is 0 Å². The first-order valence-electron chi connectivity index (χ1n) is 7.14. The molecule has 1 N–H and O–H groups in total. The zero-order chi connectivity index (χ0) is 12.0. The highest BCUT2D eigenvalue weighted by atomic mass is 15.2. The van der Waals surface area contributed by atoms with E-state index < -0.39 is 0 Å². The van der Waals surface area contributed by atoms with Crippen LogP contribution >= 0.6 is 0 Å². The summed E-state index contributed by atoms with van der Waals surface area (Å²) in [5.41, 5.74) is 0. The molecule has 0 saturated heterocycles. The Morgan fingerprint density at radius 3 is 2.25 bits per heavy atom. The molecule has 16 heavy (non-hydrogen) atoms. The zero-order valence-corrected chi connectivity index (χ0v) is 11.6. The van der Waals surface area contributed by atoms with Crippen LogP contribution in [0.15, 0.2) is 0 Å². The largest absolute Gasteiger partial charge is 0.312 e. The van der Waals surface area contributed by atoms with Gasteiger partial charge in [-0.3, -0.25) is 4.90 Å². The summed E-state index contributed by atoms with van der Waals surface area (Å²) in [7, 11) is 0. The highest BCUT2D eigenvalue weighted by Gasteiger charge is 2.17. The number of nitrogens with one attached hydrogen (secondary N) is 1. The van der Waals surface area contributed by atoms with Crippen LogP contribution in [0.2, 0.25) is 0 Å². The molecule has 96 valence electrons. The van der Waals surface area contributed by atoms with Gasteiger partial charge in [0.1, 0.15) is 0 Å². The van der Waals surface area contributed by atoms with E-state index in [-0.39, 0.29) is 0 Å². The van der Waals surface area contributed by atoms with E-state index in [1.807, 2.05) is 0 Å². The average molecular weight is 226 g/mol. The van der Waals surface area contributed by atoms with Crippen molar-refractivity contribution >= 4 is 0 Å². The third-order valence-corrected chi connectivity index (χ3v) is 3.90. The fraction of sp³-hybridized carbons (Fsp3) is 1.00. The molecule has 0 spiro atoms. The lowest BCUT2D eigenvalue weighted by atomic mass is 9.95. The molecule has 0 bridgehead atoms. The fourth-order valence-electron chi connectivity index (χ4n) is 2.95. The summed E-state index contributed by atoms with van der Waals surface area (Å²) in [4.78, 5) is 2.57. The van der Waals surface area contributed by atoms with E-state index >= 15 is 0 Å². The third kappa shape index (κ3) is 4.42. The van der Waals surface area contributed by atoms with Crippen molar-refractivity contribution in [2.45, 2.75) is 77.9 Å². The van der Waals surface area contributed by atoms with Gasteiger partial charge in [0.05, 0.1) is 0 Å². The van der Waals surface area contributed by atoms with E-state index in [1.165, 1.54) is 32.1 Å². The van der Waals surface area contributed by atoms with Crippen LogP contribution in [0.4, 0.5) is 0 Å². The van der Waals surface area contributed by atoms with Crippen molar-refractivity contribution in [2.75, 3.05) is 13.1 Å². The molecular weight excluding hydrogens is 196 g/mol. The minimum atomic E-state index is 0.659. The second kappa shape index (κ2) is 7.29. The Morgan fingerprint density at radius 2 is 1.75 bits per heavy atom. The van der Waals surface area contributed by atoms with Gasteiger partial charge in [0.15, 0.2) is 0 Å². The van der Waals surface area contributed by atoms with Crippen molar-refractivity contribution in [1.82, 2.24) is 10.2 Å². The van der Waals surface area contributed by atoms with Gasteiger partial charge in [0.25, 0.3) is 0 Å². The summed E-state index contributed by atoms with van der Waals surface area (Å²) < 4.78 is 0. The van der Waals surface area contributed by atoms with Gasteiger partial charge in [-0.05, 0) is 40.2 Å². The van der Waals surface area contributed by atoms with Crippen molar-refractivity contribution in [3.8, 4) is 0 Å². The number of rotatable bonds is 6. The predicted molar refractivity (Wildman–Crippen MR) is 71.9 cm³/mol. The molecule has 1 saturated carbocycles. The van der Waals surface area contributed by atoms with E-state index in [0.29, 0.717) is 12.1 Å². The van der Waals surface area contributed by atoms with Crippen LogP contribution in [0.1, 0.15) is 59.8 Å². The van der Waals surface area contributed by atoms with Crippen molar-refractivity contribution in [2.24, 2.45) is 0 Å². The van der Waals surface area contributed by atoms with Crippen LogP contribution in [0.3, 0.4) is 0 Å². The number of nitrogens with zero attached hydrogens (tertiary/aromatic N) is 1. The maximum absolute atomic E-state index is 3.75. The summed E-state index contributed by atoms with van der Waals surface area (Å²) in [6.45, 7) is 11.5. The molecule has 1 fully saturated rings. The normalized spacial score (nSPS) is 20.6. The van der Waals surface area contributed by atoms with Gasteiger partial charge in [-0.25, -0.2) is 0 Å². The first kappa shape index (κ1) is 14.0. The third-order valence-electron chi connectivity index (χ3n) is 3.90. The quantitative estimate of drug-likeness (QED) is 0.749. The zero-order valence-electron chi connectivity index (χ0n) is 11.6. The highest BCUT2D eigenvalue weighted by molar-refractivity contribution is 4.77. The first-order valence-corrected chi connectivity index (χ1v) is 7.14. The smallest absolute Gasteiger partial charge is 0.0195 e. The molecule has 1 atom stereocenters. The van der Waals surface area contributed by atoms with Crippen LogP contribution in [-0.4, -0.2) is 36.1 Å². The molecule has 1 rings (SSSR count). The lowest BCUT2D eigenvalue weighted by molar-refractivity contribution is 0.164. The van der Waals surface area contributed by atoms with Crippen LogP contribution in [0.25, 0.3) is 0 Å². The van der Waals surface area contributed by atoms with E-state index in [1.54, 1.807) is 0 Å². The average Bonchev–Trinajstić information content (AvgIpc) is 2.28. The van der Waals surface area contributed by atoms with Gasteiger partial charge in [0.2, 0.25) is 0 Å². The van der Waals surface area contributed by atoms with Gasteiger partial charge < -0.3 is 5.32 Å². The van der Waals surface area contributed by atoms with E-state index in [9.17, 15) is 0 Å².